The van der Waals surface area contributed by atoms with Gasteiger partial charge in [0.15, 0.2) is 0 Å². The average molecular weight is 349 g/mol. The van der Waals surface area contributed by atoms with Crippen LogP contribution in [0.1, 0.15) is 12.8 Å². The van der Waals surface area contributed by atoms with Crippen LogP contribution in [0, 0.1) is 5.92 Å². The number of aliphatic hydroxyl groups excluding tert-OH is 1. The third-order valence-corrected chi connectivity index (χ3v) is 6.02. The van der Waals surface area contributed by atoms with Crippen molar-refractivity contribution in [3.05, 3.63) is 22.7 Å². The molecule has 0 unspecified atom stereocenters. The summed E-state index contributed by atoms with van der Waals surface area (Å²) in [5, 5.41) is 9.08. The minimum atomic E-state index is -3.47. The summed E-state index contributed by atoms with van der Waals surface area (Å²) in [6.45, 7) is 1.03. The van der Waals surface area contributed by atoms with Crippen molar-refractivity contribution in [2.24, 2.45) is 5.92 Å². The summed E-state index contributed by atoms with van der Waals surface area (Å²) in [6, 6.07) is 4.63. The minimum Gasteiger partial charge on any atom is -0.398 e. The first-order valence-electron chi connectivity index (χ1n) is 6.11. The molecular weight excluding hydrogens is 332 g/mol. The molecular formula is C12H17BrN2O3S. The maximum atomic E-state index is 12.4. The van der Waals surface area contributed by atoms with Gasteiger partial charge in [0.2, 0.25) is 10.0 Å². The van der Waals surface area contributed by atoms with E-state index in [1.165, 1.54) is 16.4 Å². The van der Waals surface area contributed by atoms with E-state index in [9.17, 15) is 8.42 Å². The van der Waals surface area contributed by atoms with Crippen molar-refractivity contribution in [3.8, 4) is 0 Å². The number of piperidine rings is 1. The fraction of sp³-hybridized carbons (Fsp3) is 0.500. The van der Waals surface area contributed by atoms with Crippen LogP contribution in [0.15, 0.2) is 27.6 Å². The Kier molecular flexibility index (Phi) is 4.50. The van der Waals surface area contributed by atoms with Gasteiger partial charge in [-0.15, -0.1) is 0 Å². The summed E-state index contributed by atoms with van der Waals surface area (Å²) in [4.78, 5) is 0.246. The number of sulfonamides is 1. The quantitative estimate of drug-likeness (QED) is 0.809. The van der Waals surface area contributed by atoms with E-state index in [0.29, 0.717) is 36.1 Å². The van der Waals surface area contributed by atoms with Gasteiger partial charge in [0, 0.05) is 29.9 Å². The van der Waals surface area contributed by atoms with Crippen molar-refractivity contribution < 1.29 is 13.5 Å². The van der Waals surface area contributed by atoms with Crippen LogP contribution in [0.5, 0.6) is 0 Å². The molecule has 0 spiro atoms. The molecule has 3 N–H and O–H groups in total. The second-order valence-electron chi connectivity index (χ2n) is 4.71. The van der Waals surface area contributed by atoms with Gasteiger partial charge in [-0.2, -0.15) is 4.31 Å². The first-order chi connectivity index (χ1) is 8.95. The lowest BCUT2D eigenvalue weighted by atomic mass is 10.00. The number of halogens is 1. The molecule has 1 heterocycles. The number of rotatable bonds is 3. The molecule has 0 saturated carbocycles. The Bertz CT molecular complexity index is 554. The predicted octanol–water partition coefficient (Wildman–Crippen LogP) is 1.42. The zero-order valence-electron chi connectivity index (χ0n) is 10.4. The lowest BCUT2D eigenvalue weighted by Crippen LogP contribution is -2.39. The Hall–Kier alpha value is -0.630. The maximum Gasteiger partial charge on any atom is 0.243 e. The van der Waals surface area contributed by atoms with Gasteiger partial charge in [0.1, 0.15) is 0 Å². The summed E-state index contributed by atoms with van der Waals surface area (Å²) in [7, 11) is -3.47. The highest BCUT2D eigenvalue weighted by Crippen LogP contribution is 2.27. The molecule has 1 aromatic carbocycles. The molecule has 5 nitrogen and oxygen atoms in total. The Balaban J connectivity index is 2.21. The number of hydrogen-bond acceptors (Lipinski definition) is 4. The molecule has 0 aliphatic carbocycles. The van der Waals surface area contributed by atoms with Crippen LogP contribution in [0.3, 0.4) is 0 Å². The number of benzene rings is 1. The highest BCUT2D eigenvalue weighted by atomic mass is 79.9. The molecule has 0 bridgehead atoms. The van der Waals surface area contributed by atoms with Crippen molar-refractivity contribution in [2.75, 3.05) is 25.4 Å². The van der Waals surface area contributed by atoms with Gasteiger partial charge < -0.3 is 10.8 Å². The molecule has 0 amide bonds. The number of aliphatic hydroxyl groups is 1. The van der Waals surface area contributed by atoms with Crippen molar-refractivity contribution in [1.82, 2.24) is 4.31 Å². The molecule has 1 fully saturated rings. The SMILES string of the molecule is Nc1ccc(S(=O)(=O)N2CCC(CO)CC2)cc1Br. The van der Waals surface area contributed by atoms with Crippen LogP contribution in [-0.2, 0) is 10.0 Å². The van der Waals surface area contributed by atoms with E-state index in [0.717, 1.165) is 0 Å². The number of anilines is 1. The number of hydrogen-bond donors (Lipinski definition) is 2. The van der Waals surface area contributed by atoms with E-state index in [4.69, 9.17) is 10.8 Å². The van der Waals surface area contributed by atoms with Crippen molar-refractivity contribution in [2.45, 2.75) is 17.7 Å². The zero-order chi connectivity index (χ0) is 14.0. The fourth-order valence-electron chi connectivity index (χ4n) is 2.15. The number of nitrogens with two attached hydrogens (primary N) is 1. The monoisotopic (exact) mass is 348 g/mol. The van der Waals surface area contributed by atoms with Crippen LogP contribution < -0.4 is 5.73 Å². The molecule has 1 aromatic rings. The molecule has 2 rings (SSSR count). The smallest absolute Gasteiger partial charge is 0.243 e. The van der Waals surface area contributed by atoms with Crippen molar-refractivity contribution >= 4 is 31.6 Å². The van der Waals surface area contributed by atoms with Crippen LogP contribution >= 0.6 is 15.9 Å². The standard InChI is InChI=1S/C12H17BrN2O3S/c13-11-7-10(1-2-12(11)14)19(17,18)15-5-3-9(8-16)4-6-15/h1-2,7,9,16H,3-6,8,14H2. The second kappa shape index (κ2) is 5.78. The van der Waals surface area contributed by atoms with Gasteiger partial charge in [-0.25, -0.2) is 8.42 Å². The summed E-state index contributed by atoms with van der Waals surface area (Å²) in [5.74, 6) is 0.213. The summed E-state index contributed by atoms with van der Waals surface area (Å²) >= 11 is 3.24. The fourth-order valence-corrected chi connectivity index (χ4v) is 4.18. The molecule has 1 saturated heterocycles. The average Bonchev–Trinajstić information content (AvgIpc) is 2.41. The van der Waals surface area contributed by atoms with Crippen molar-refractivity contribution in [1.29, 1.82) is 0 Å². The van der Waals surface area contributed by atoms with Gasteiger partial charge in [-0.05, 0) is 52.9 Å². The predicted molar refractivity (Wildman–Crippen MR) is 77.1 cm³/mol. The first-order valence-corrected chi connectivity index (χ1v) is 8.34. The molecule has 106 valence electrons. The van der Waals surface area contributed by atoms with Gasteiger partial charge >= 0.3 is 0 Å². The Morgan fingerprint density at radius 2 is 2.00 bits per heavy atom. The second-order valence-corrected chi connectivity index (χ2v) is 7.51. The van der Waals surface area contributed by atoms with E-state index in [-0.39, 0.29) is 17.4 Å². The van der Waals surface area contributed by atoms with E-state index >= 15 is 0 Å². The normalized spacial score (nSPS) is 18.6. The molecule has 1 aliphatic rings. The number of nitrogen functional groups attached to an aromatic ring is 1. The summed E-state index contributed by atoms with van der Waals surface area (Å²) < 4.78 is 26.9. The molecule has 1 aliphatic heterocycles. The molecule has 0 aromatic heterocycles. The molecule has 7 heteroatoms. The molecule has 0 radical (unpaired) electrons. The Labute approximate surface area is 121 Å². The Morgan fingerprint density at radius 1 is 1.37 bits per heavy atom. The topological polar surface area (TPSA) is 83.6 Å². The third kappa shape index (κ3) is 3.10. The Morgan fingerprint density at radius 3 is 2.53 bits per heavy atom. The van der Waals surface area contributed by atoms with Crippen LogP contribution in [0.25, 0.3) is 0 Å². The lowest BCUT2D eigenvalue weighted by molar-refractivity contribution is 0.170. The van der Waals surface area contributed by atoms with E-state index in [2.05, 4.69) is 15.9 Å². The molecule has 0 atom stereocenters. The largest absolute Gasteiger partial charge is 0.398 e. The van der Waals surface area contributed by atoms with E-state index < -0.39 is 10.0 Å². The highest BCUT2D eigenvalue weighted by Gasteiger charge is 2.29. The maximum absolute atomic E-state index is 12.4. The van der Waals surface area contributed by atoms with E-state index in [1.54, 1.807) is 6.07 Å². The van der Waals surface area contributed by atoms with Crippen LogP contribution in [-0.4, -0.2) is 37.5 Å². The summed E-state index contributed by atoms with van der Waals surface area (Å²) in [6.07, 6.45) is 1.40. The minimum absolute atomic E-state index is 0.126. The first kappa shape index (κ1) is 14.8. The van der Waals surface area contributed by atoms with Gasteiger partial charge in [-0.1, -0.05) is 0 Å². The van der Waals surface area contributed by atoms with Crippen LogP contribution in [0.2, 0.25) is 0 Å². The molecule has 19 heavy (non-hydrogen) atoms. The van der Waals surface area contributed by atoms with Gasteiger partial charge in [0.05, 0.1) is 4.90 Å². The van der Waals surface area contributed by atoms with Gasteiger partial charge in [-0.3, -0.25) is 0 Å². The lowest BCUT2D eigenvalue weighted by Gasteiger charge is -2.30. The highest BCUT2D eigenvalue weighted by molar-refractivity contribution is 9.10. The van der Waals surface area contributed by atoms with Gasteiger partial charge in [0.25, 0.3) is 0 Å². The number of nitrogens with zero attached hydrogens (tertiary/aromatic N) is 1. The van der Waals surface area contributed by atoms with Crippen LogP contribution in [0.4, 0.5) is 5.69 Å². The summed E-state index contributed by atoms with van der Waals surface area (Å²) in [5.41, 5.74) is 6.18. The van der Waals surface area contributed by atoms with E-state index in [1.807, 2.05) is 0 Å². The third-order valence-electron chi connectivity index (χ3n) is 3.44. The zero-order valence-corrected chi connectivity index (χ0v) is 12.8. The van der Waals surface area contributed by atoms with Crippen molar-refractivity contribution in [3.63, 3.8) is 0 Å².